The van der Waals surface area contributed by atoms with Crippen LogP contribution in [-0.4, -0.2) is 0 Å². The summed E-state index contributed by atoms with van der Waals surface area (Å²) >= 11 is 1.87. The first kappa shape index (κ1) is 23.3. The summed E-state index contributed by atoms with van der Waals surface area (Å²) in [4.78, 5) is 2.68. The molecule has 3 rings (SSSR count). The van der Waals surface area contributed by atoms with Gasteiger partial charge in [-0.05, 0) is 42.2 Å². The second kappa shape index (κ2) is 7.69. The zero-order valence-electron chi connectivity index (χ0n) is 16.1. The minimum absolute atomic E-state index is 0.532. The first-order valence-electron chi connectivity index (χ1n) is 8.76. The van der Waals surface area contributed by atoms with Crippen molar-refractivity contribution in [3.05, 3.63) is 77.9 Å². The molecule has 8 heteroatoms. The Bertz CT molecular complexity index is 972. The molecule has 1 heterocycles. The van der Waals surface area contributed by atoms with Gasteiger partial charge in [0.15, 0.2) is 0 Å². The molecule has 0 aliphatic carbocycles. The molecule has 0 saturated carbocycles. The van der Waals surface area contributed by atoms with E-state index in [-0.39, 0.29) is 0 Å². The summed E-state index contributed by atoms with van der Waals surface area (Å²) in [7, 11) is -10.7. The van der Waals surface area contributed by atoms with Gasteiger partial charge in [-0.25, -0.2) is 0 Å². The molecule has 0 amide bonds. The number of benzene rings is 2. The standard InChI is InChI=1S/C21H21S.F6P/c1-15(2)18-11-7-8-12-19(18)21-14-16(3)13-20(22-21)17-9-5-4-6-10-17;1-7(2,3,4,5)6/h4-15H,1-3H3;/q+1;-1. The van der Waals surface area contributed by atoms with Gasteiger partial charge < -0.3 is 0 Å². The van der Waals surface area contributed by atoms with Gasteiger partial charge in [0.25, 0.3) is 0 Å². The molecule has 1 aromatic heterocycles. The Labute approximate surface area is 170 Å². The van der Waals surface area contributed by atoms with Crippen LogP contribution in [0, 0.1) is 6.92 Å². The molecule has 0 atom stereocenters. The number of hydrogen-bond donors (Lipinski definition) is 0. The first-order valence-corrected chi connectivity index (χ1v) is 11.6. The van der Waals surface area contributed by atoms with E-state index in [0.717, 1.165) is 0 Å². The summed E-state index contributed by atoms with van der Waals surface area (Å²) in [5.41, 5.74) is 5.39. The first-order chi connectivity index (χ1) is 13.1. The normalized spacial score (nSPS) is 13.9. The molecule has 2 aromatic carbocycles. The van der Waals surface area contributed by atoms with Gasteiger partial charge in [-0.1, -0.05) is 50.2 Å². The van der Waals surface area contributed by atoms with Gasteiger partial charge in [-0.15, -0.1) is 0 Å². The van der Waals surface area contributed by atoms with Crippen LogP contribution in [0.2, 0.25) is 0 Å². The predicted octanol–water partition coefficient (Wildman–Crippen LogP) is 10.2. The van der Waals surface area contributed by atoms with Crippen molar-refractivity contribution in [1.82, 2.24) is 0 Å². The molecule has 158 valence electrons. The summed E-state index contributed by atoms with van der Waals surface area (Å²) in [5, 5.41) is 0. The summed E-state index contributed by atoms with van der Waals surface area (Å²) in [5.74, 6) is 0.532. The third kappa shape index (κ3) is 8.92. The van der Waals surface area contributed by atoms with Gasteiger partial charge in [0.05, 0.1) is 0 Å². The fraction of sp³-hybridized carbons (Fsp3) is 0.190. The summed E-state index contributed by atoms with van der Waals surface area (Å²) < 4.78 is 59.2. The van der Waals surface area contributed by atoms with Crippen LogP contribution in [0.15, 0.2) is 66.7 Å². The van der Waals surface area contributed by atoms with E-state index in [9.17, 15) is 25.2 Å². The van der Waals surface area contributed by atoms with Crippen molar-refractivity contribution in [2.24, 2.45) is 0 Å². The van der Waals surface area contributed by atoms with Crippen LogP contribution < -0.4 is 0 Å². The maximum atomic E-state index is 9.87. The predicted molar refractivity (Wildman–Crippen MR) is 112 cm³/mol. The number of aryl methyl sites for hydroxylation is 1. The van der Waals surface area contributed by atoms with Gasteiger partial charge >= 0.3 is 33.0 Å². The fourth-order valence-corrected chi connectivity index (χ4v) is 4.01. The van der Waals surface area contributed by atoms with Crippen molar-refractivity contribution in [3.8, 4) is 20.9 Å². The maximum absolute atomic E-state index is 10.7. The SMILES string of the molecule is Cc1cc(-c2ccccc2)[s+]c(-c2ccccc2C(C)C)c1.F[P-](F)(F)(F)(F)F. The summed E-state index contributed by atoms with van der Waals surface area (Å²) in [6, 6.07) is 24.0. The Balaban J connectivity index is 0.000000370. The molecule has 0 N–H and O–H groups in total. The molecule has 0 fully saturated rings. The zero-order valence-corrected chi connectivity index (χ0v) is 17.8. The molecule has 29 heavy (non-hydrogen) atoms. The number of hydrogen-bond acceptors (Lipinski definition) is 0. The Morgan fingerprint density at radius 1 is 0.724 bits per heavy atom. The Morgan fingerprint density at radius 2 is 1.21 bits per heavy atom. The van der Waals surface area contributed by atoms with E-state index in [1.54, 1.807) is 0 Å². The Hall–Kier alpha value is -1.98. The summed E-state index contributed by atoms with van der Waals surface area (Å²) in [6.07, 6.45) is 0. The van der Waals surface area contributed by atoms with Crippen LogP contribution in [-0.2, 0) is 0 Å². The topological polar surface area (TPSA) is 0 Å². The molecule has 0 radical (unpaired) electrons. The van der Waals surface area contributed by atoms with Gasteiger partial charge in [-0.2, -0.15) is 0 Å². The van der Waals surface area contributed by atoms with E-state index < -0.39 is 7.81 Å². The number of halogens is 6. The van der Waals surface area contributed by atoms with Crippen LogP contribution in [0.1, 0.15) is 30.9 Å². The third-order valence-corrected chi connectivity index (χ3v) is 4.98. The average molecular weight is 450 g/mol. The molecule has 0 bridgehead atoms. The van der Waals surface area contributed by atoms with E-state index in [4.69, 9.17) is 0 Å². The van der Waals surface area contributed by atoms with Gasteiger partial charge in [-0.3, -0.25) is 0 Å². The monoisotopic (exact) mass is 450 g/mol. The fourth-order valence-electron chi connectivity index (χ4n) is 2.73. The molecule has 0 aliphatic rings. The van der Waals surface area contributed by atoms with Gasteiger partial charge in [0, 0.05) is 23.3 Å². The zero-order chi connectivity index (χ0) is 21.9. The quantitative estimate of drug-likeness (QED) is 0.212. The Morgan fingerprint density at radius 3 is 1.76 bits per heavy atom. The van der Waals surface area contributed by atoms with Crippen molar-refractivity contribution in [2.45, 2.75) is 26.7 Å². The van der Waals surface area contributed by atoms with Crippen molar-refractivity contribution < 1.29 is 25.2 Å². The second-order valence-electron chi connectivity index (χ2n) is 6.93. The van der Waals surface area contributed by atoms with Crippen LogP contribution in [0.5, 0.6) is 0 Å². The van der Waals surface area contributed by atoms with Gasteiger partial charge in [0.1, 0.15) is 0 Å². The molecule has 0 aliphatic heterocycles. The summed E-state index contributed by atoms with van der Waals surface area (Å²) in [6.45, 7) is 6.70. The molecular weight excluding hydrogens is 429 g/mol. The molecule has 0 spiro atoms. The van der Waals surface area contributed by atoms with E-state index >= 15 is 0 Å². The molecule has 3 aromatic rings. The van der Waals surface area contributed by atoms with Crippen molar-refractivity contribution in [1.29, 1.82) is 0 Å². The van der Waals surface area contributed by atoms with Crippen LogP contribution in [0.25, 0.3) is 20.9 Å². The van der Waals surface area contributed by atoms with Crippen LogP contribution in [0.3, 0.4) is 0 Å². The molecule has 0 saturated heterocycles. The van der Waals surface area contributed by atoms with Crippen molar-refractivity contribution in [3.63, 3.8) is 0 Å². The van der Waals surface area contributed by atoms with E-state index in [2.05, 4.69) is 87.5 Å². The van der Waals surface area contributed by atoms with E-state index in [0.29, 0.717) is 5.92 Å². The molecular formula is C21H21F6PS. The molecule has 0 unspecified atom stereocenters. The van der Waals surface area contributed by atoms with E-state index in [1.165, 1.54) is 32.0 Å². The van der Waals surface area contributed by atoms with Crippen LogP contribution >= 0.6 is 19.1 Å². The minimum atomic E-state index is -10.7. The van der Waals surface area contributed by atoms with Gasteiger partial charge in [0.2, 0.25) is 21.1 Å². The molecule has 0 nitrogen and oxygen atoms in total. The Kier molecular flexibility index (Phi) is 6.18. The third-order valence-electron chi connectivity index (χ3n) is 3.84. The average Bonchev–Trinajstić information content (AvgIpc) is 2.59. The van der Waals surface area contributed by atoms with Crippen molar-refractivity contribution in [2.75, 3.05) is 0 Å². The van der Waals surface area contributed by atoms with Crippen molar-refractivity contribution >= 4 is 19.1 Å². The van der Waals surface area contributed by atoms with Crippen LogP contribution in [0.4, 0.5) is 25.2 Å². The second-order valence-corrected chi connectivity index (χ2v) is 9.93. The van der Waals surface area contributed by atoms with E-state index in [1.807, 2.05) is 11.3 Å². The number of rotatable bonds is 3.